The summed E-state index contributed by atoms with van der Waals surface area (Å²) in [7, 11) is 0. The summed E-state index contributed by atoms with van der Waals surface area (Å²) in [6, 6.07) is 5.96. The van der Waals surface area contributed by atoms with E-state index in [4.69, 9.17) is 0 Å². The van der Waals surface area contributed by atoms with Crippen molar-refractivity contribution in [2.75, 3.05) is 47.5 Å². The topological polar surface area (TPSA) is 74.2 Å². The molecule has 4 rings (SSSR count). The van der Waals surface area contributed by atoms with Gasteiger partial charge in [-0.1, -0.05) is 6.07 Å². The van der Waals surface area contributed by atoms with Crippen molar-refractivity contribution in [1.82, 2.24) is 20.3 Å². The van der Waals surface area contributed by atoms with Crippen LogP contribution in [0.1, 0.15) is 18.4 Å². The number of nitrogens with zero attached hydrogens (tertiary/aromatic N) is 5. The molecule has 2 aliphatic heterocycles. The van der Waals surface area contributed by atoms with Crippen LogP contribution in [0, 0.1) is 5.92 Å². The van der Waals surface area contributed by atoms with E-state index in [-0.39, 0.29) is 11.8 Å². The number of thioether (sulfide) groups is 1. The third-order valence-electron chi connectivity index (χ3n) is 5.35. The van der Waals surface area contributed by atoms with Crippen LogP contribution in [-0.4, -0.2) is 58.5 Å². The van der Waals surface area contributed by atoms with Gasteiger partial charge in [-0.3, -0.25) is 9.78 Å². The number of hydrogen-bond donors (Lipinski definition) is 1. The maximum absolute atomic E-state index is 12.5. The lowest BCUT2D eigenvalue weighted by Gasteiger charge is -2.33. The van der Waals surface area contributed by atoms with E-state index in [0.29, 0.717) is 6.54 Å². The van der Waals surface area contributed by atoms with E-state index < -0.39 is 0 Å². The minimum Gasteiger partial charge on any atom is -0.356 e. The first-order chi connectivity index (χ1) is 13.8. The number of carbonyl (C=O) groups is 1. The molecular weight excluding hydrogens is 372 g/mol. The predicted octanol–water partition coefficient (Wildman–Crippen LogP) is 1.96. The second kappa shape index (κ2) is 9.23. The van der Waals surface area contributed by atoms with Crippen molar-refractivity contribution >= 4 is 29.3 Å². The van der Waals surface area contributed by atoms with Gasteiger partial charge < -0.3 is 15.1 Å². The number of piperidine rings is 1. The van der Waals surface area contributed by atoms with Gasteiger partial charge in [-0.2, -0.15) is 11.8 Å². The van der Waals surface area contributed by atoms with Gasteiger partial charge in [-0.15, -0.1) is 0 Å². The molecular formula is C20H26N6OS. The number of carbonyl (C=O) groups excluding carboxylic acids is 1. The van der Waals surface area contributed by atoms with Gasteiger partial charge in [0.2, 0.25) is 5.91 Å². The van der Waals surface area contributed by atoms with Gasteiger partial charge in [0.1, 0.15) is 18.0 Å². The highest BCUT2D eigenvalue weighted by molar-refractivity contribution is 7.99. The van der Waals surface area contributed by atoms with Gasteiger partial charge in [0.05, 0.1) is 0 Å². The third-order valence-corrected chi connectivity index (χ3v) is 6.30. The predicted molar refractivity (Wildman–Crippen MR) is 113 cm³/mol. The molecule has 2 aromatic heterocycles. The summed E-state index contributed by atoms with van der Waals surface area (Å²) >= 11 is 1.99. The number of aromatic nitrogens is 3. The van der Waals surface area contributed by atoms with Crippen LogP contribution in [0.4, 0.5) is 11.6 Å². The van der Waals surface area contributed by atoms with Crippen molar-refractivity contribution in [2.45, 2.75) is 19.4 Å². The van der Waals surface area contributed by atoms with Crippen LogP contribution in [0.5, 0.6) is 0 Å². The van der Waals surface area contributed by atoms with Crippen LogP contribution in [-0.2, 0) is 11.3 Å². The second-order valence-corrected chi connectivity index (χ2v) is 8.40. The molecule has 0 aromatic carbocycles. The lowest BCUT2D eigenvalue weighted by molar-refractivity contribution is -0.125. The second-order valence-electron chi connectivity index (χ2n) is 7.17. The van der Waals surface area contributed by atoms with E-state index in [1.165, 1.54) is 0 Å². The maximum Gasteiger partial charge on any atom is 0.223 e. The van der Waals surface area contributed by atoms with E-state index in [1.807, 2.05) is 23.9 Å². The average molecular weight is 399 g/mol. The fraction of sp³-hybridized carbons (Fsp3) is 0.500. The summed E-state index contributed by atoms with van der Waals surface area (Å²) in [6.45, 7) is 4.31. The first-order valence-corrected chi connectivity index (χ1v) is 11.0. The largest absolute Gasteiger partial charge is 0.356 e. The molecule has 0 bridgehead atoms. The highest BCUT2D eigenvalue weighted by atomic mass is 32.2. The molecule has 7 nitrogen and oxygen atoms in total. The van der Waals surface area contributed by atoms with Gasteiger partial charge >= 0.3 is 0 Å². The smallest absolute Gasteiger partial charge is 0.223 e. The third kappa shape index (κ3) is 4.73. The molecule has 0 saturated carbocycles. The highest BCUT2D eigenvalue weighted by Gasteiger charge is 2.26. The molecule has 148 valence electrons. The SMILES string of the molecule is O=C(NCc1cccnc1)C1CCN(c2cc(N3CCSCC3)ncn2)CC1. The fourth-order valence-corrected chi connectivity index (χ4v) is 4.59. The molecule has 8 heteroatoms. The lowest BCUT2D eigenvalue weighted by atomic mass is 9.96. The molecule has 0 atom stereocenters. The van der Waals surface area contributed by atoms with Crippen molar-refractivity contribution < 1.29 is 4.79 Å². The zero-order valence-electron chi connectivity index (χ0n) is 16.0. The Labute approximate surface area is 170 Å². The molecule has 2 saturated heterocycles. The Morgan fingerprint density at radius 3 is 2.50 bits per heavy atom. The van der Waals surface area contributed by atoms with Gasteiger partial charge in [0.15, 0.2) is 0 Å². The van der Waals surface area contributed by atoms with Crippen LogP contribution in [0.25, 0.3) is 0 Å². The quantitative estimate of drug-likeness (QED) is 0.825. The zero-order chi connectivity index (χ0) is 19.2. The standard InChI is InChI=1S/C20H26N6OS/c27-20(22-14-16-2-1-5-21-13-16)17-3-6-25(7-4-17)18-12-19(24-15-23-18)26-8-10-28-11-9-26/h1-2,5,12-13,15,17H,3-4,6-11,14H2,(H,22,27). The Kier molecular flexibility index (Phi) is 6.26. The molecule has 0 unspecified atom stereocenters. The van der Waals surface area contributed by atoms with E-state index in [1.54, 1.807) is 18.7 Å². The van der Waals surface area contributed by atoms with Crippen LogP contribution in [0.2, 0.25) is 0 Å². The number of nitrogens with one attached hydrogen (secondary N) is 1. The monoisotopic (exact) mass is 398 g/mol. The summed E-state index contributed by atoms with van der Waals surface area (Å²) in [5.74, 6) is 4.49. The van der Waals surface area contributed by atoms with Crippen LogP contribution < -0.4 is 15.1 Å². The molecule has 2 aromatic rings. The van der Waals surface area contributed by atoms with E-state index in [2.05, 4.69) is 36.1 Å². The van der Waals surface area contributed by atoms with E-state index in [0.717, 1.165) is 67.7 Å². The minimum atomic E-state index is 0.0633. The van der Waals surface area contributed by atoms with E-state index in [9.17, 15) is 4.79 Å². The normalized spacial score (nSPS) is 18.1. The Bertz CT molecular complexity index is 775. The van der Waals surface area contributed by atoms with Crippen LogP contribution in [0.3, 0.4) is 0 Å². The fourth-order valence-electron chi connectivity index (χ4n) is 3.68. The van der Waals surface area contributed by atoms with E-state index >= 15 is 0 Å². The molecule has 1 N–H and O–H groups in total. The first kappa shape index (κ1) is 19.0. The van der Waals surface area contributed by atoms with Gasteiger partial charge in [-0.05, 0) is 24.5 Å². The molecule has 0 spiro atoms. The molecule has 1 amide bonds. The molecule has 2 fully saturated rings. The number of anilines is 2. The Balaban J connectivity index is 1.29. The van der Waals surface area contributed by atoms with Crippen molar-refractivity contribution in [3.05, 3.63) is 42.5 Å². The summed E-state index contributed by atoms with van der Waals surface area (Å²) < 4.78 is 0. The molecule has 0 aliphatic carbocycles. The Morgan fingerprint density at radius 2 is 1.82 bits per heavy atom. The lowest BCUT2D eigenvalue weighted by Crippen LogP contribution is -2.41. The summed E-state index contributed by atoms with van der Waals surface area (Å²) in [5.41, 5.74) is 1.03. The van der Waals surface area contributed by atoms with Gasteiger partial charge in [0, 0.05) is 68.6 Å². The number of rotatable bonds is 5. The molecule has 28 heavy (non-hydrogen) atoms. The van der Waals surface area contributed by atoms with Crippen molar-refractivity contribution in [1.29, 1.82) is 0 Å². The van der Waals surface area contributed by atoms with Crippen molar-refractivity contribution in [3.63, 3.8) is 0 Å². The maximum atomic E-state index is 12.5. The summed E-state index contributed by atoms with van der Waals surface area (Å²) in [4.78, 5) is 30.1. The van der Waals surface area contributed by atoms with Crippen molar-refractivity contribution in [2.24, 2.45) is 5.92 Å². The summed E-state index contributed by atoms with van der Waals surface area (Å²) in [5, 5.41) is 3.04. The number of amides is 1. The Hall–Kier alpha value is -2.35. The molecule has 2 aliphatic rings. The van der Waals surface area contributed by atoms with Crippen molar-refractivity contribution in [3.8, 4) is 0 Å². The molecule has 0 radical (unpaired) electrons. The Morgan fingerprint density at radius 1 is 1.11 bits per heavy atom. The van der Waals surface area contributed by atoms with Crippen LogP contribution >= 0.6 is 11.8 Å². The summed E-state index contributed by atoms with van der Waals surface area (Å²) in [6.07, 6.45) is 6.89. The highest BCUT2D eigenvalue weighted by Crippen LogP contribution is 2.25. The average Bonchev–Trinajstić information content (AvgIpc) is 2.79. The van der Waals surface area contributed by atoms with Gasteiger partial charge in [0.25, 0.3) is 0 Å². The number of pyridine rings is 1. The number of hydrogen-bond acceptors (Lipinski definition) is 7. The zero-order valence-corrected chi connectivity index (χ0v) is 16.8. The van der Waals surface area contributed by atoms with Crippen LogP contribution in [0.15, 0.2) is 36.9 Å². The molecule has 4 heterocycles. The first-order valence-electron chi connectivity index (χ1n) is 9.86. The van der Waals surface area contributed by atoms with Gasteiger partial charge in [-0.25, -0.2) is 9.97 Å². The minimum absolute atomic E-state index is 0.0633.